The summed E-state index contributed by atoms with van der Waals surface area (Å²) in [5.74, 6) is -2.22. The third kappa shape index (κ3) is 1.75. The minimum Gasteiger partial charge on any atom is -0.486 e. The Balaban J connectivity index is 2.04. The van der Waals surface area contributed by atoms with Crippen LogP contribution in [0.2, 0.25) is 0 Å². The molecule has 0 N–H and O–H groups in total. The van der Waals surface area contributed by atoms with Gasteiger partial charge in [-0.2, -0.15) is 0 Å². The van der Waals surface area contributed by atoms with Crippen molar-refractivity contribution in [3.8, 4) is 11.5 Å². The summed E-state index contributed by atoms with van der Waals surface area (Å²) in [5, 5.41) is 0. The Morgan fingerprint density at radius 1 is 1.12 bits per heavy atom. The van der Waals surface area contributed by atoms with E-state index in [0.717, 1.165) is 0 Å². The number of hydrogen-bond donors (Lipinski definition) is 0. The van der Waals surface area contributed by atoms with E-state index in [1.807, 2.05) is 0 Å². The van der Waals surface area contributed by atoms with E-state index < -0.39 is 11.8 Å². The smallest absolute Gasteiger partial charge is 0.276 e. The van der Waals surface area contributed by atoms with Crippen LogP contribution in [0.4, 0.5) is 8.78 Å². The minimum atomic E-state index is -2.74. The van der Waals surface area contributed by atoms with E-state index in [9.17, 15) is 8.78 Å². The number of hydrogen-bond acceptors (Lipinski definition) is 2. The first-order valence-electron chi connectivity index (χ1n) is 5.87. The average Bonchev–Trinajstić information content (AvgIpc) is 3.12. The molecular formula is C13H14F2O2. The molecule has 0 atom stereocenters. The fourth-order valence-corrected chi connectivity index (χ4v) is 2.22. The monoisotopic (exact) mass is 240 g/mol. The maximum absolute atomic E-state index is 14.1. The number of benzene rings is 1. The molecule has 1 aliphatic carbocycles. The van der Waals surface area contributed by atoms with Gasteiger partial charge in [0.05, 0.1) is 0 Å². The largest absolute Gasteiger partial charge is 0.486 e. The van der Waals surface area contributed by atoms with Crippen molar-refractivity contribution in [1.82, 2.24) is 0 Å². The molecule has 1 heterocycles. The third-order valence-corrected chi connectivity index (χ3v) is 3.34. The van der Waals surface area contributed by atoms with Crippen LogP contribution in [-0.2, 0) is 5.92 Å². The van der Waals surface area contributed by atoms with Gasteiger partial charge < -0.3 is 9.47 Å². The van der Waals surface area contributed by atoms with Gasteiger partial charge in [0.1, 0.15) is 13.2 Å². The van der Waals surface area contributed by atoms with Gasteiger partial charge in [0.25, 0.3) is 5.92 Å². The summed E-state index contributed by atoms with van der Waals surface area (Å²) >= 11 is 0. The zero-order valence-corrected chi connectivity index (χ0v) is 9.63. The zero-order chi connectivity index (χ0) is 12.0. The van der Waals surface area contributed by atoms with Gasteiger partial charge in [-0.3, -0.25) is 0 Å². The summed E-state index contributed by atoms with van der Waals surface area (Å²) in [6, 6.07) is 3.10. The van der Waals surface area contributed by atoms with Crippen LogP contribution in [-0.4, -0.2) is 13.2 Å². The lowest BCUT2D eigenvalue weighted by molar-refractivity contribution is -0.0295. The van der Waals surface area contributed by atoms with Crippen LogP contribution in [0.15, 0.2) is 12.1 Å². The van der Waals surface area contributed by atoms with Crippen LogP contribution in [0.3, 0.4) is 0 Å². The molecule has 0 bridgehead atoms. The Kier molecular flexibility index (Phi) is 2.28. The molecule has 4 heteroatoms. The second-order valence-electron chi connectivity index (χ2n) is 4.71. The number of fused-ring (bicyclic) bond motifs is 1. The molecular weight excluding hydrogens is 226 g/mol. The second-order valence-corrected chi connectivity index (χ2v) is 4.71. The Morgan fingerprint density at radius 2 is 1.71 bits per heavy atom. The highest BCUT2D eigenvalue weighted by atomic mass is 19.3. The van der Waals surface area contributed by atoms with E-state index in [4.69, 9.17) is 9.47 Å². The summed E-state index contributed by atoms with van der Waals surface area (Å²) in [6.45, 7) is 2.60. The minimum absolute atomic E-state index is 0.0873. The van der Waals surface area contributed by atoms with Crippen molar-refractivity contribution in [3.05, 3.63) is 23.3 Å². The fraction of sp³-hybridized carbons (Fsp3) is 0.538. The van der Waals surface area contributed by atoms with E-state index >= 15 is 0 Å². The molecule has 1 fully saturated rings. The van der Waals surface area contributed by atoms with E-state index in [1.165, 1.54) is 6.07 Å². The molecule has 0 unspecified atom stereocenters. The standard InChI is InChI=1S/C13H14F2O2/c1-8-6-11-12(17-5-4-16-11)7-10(8)13(14,15)9-2-3-9/h6-7,9H,2-5H2,1H3. The van der Waals surface area contributed by atoms with Crippen LogP contribution in [0.1, 0.15) is 24.0 Å². The number of halogens is 2. The zero-order valence-electron chi connectivity index (χ0n) is 9.63. The topological polar surface area (TPSA) is 18.5 Å². The van der Waals surface area contributed by atoms with E-state index in [1.54, 1.807) is 13.0 Å². The lowest BCUT2D eigenvalue weighted by Gasteiger charge is -2.24. The van der Waals surface area contributed by atoms with Crippen LogP contribution >= 0.6 is 0 Å². The first-order valence-corrected chi connectivity index (χ1v) is 5.87. The molecule has 0 radical (unpaired) electrons. The number of ether oxygens (including phenoxy) is 2. The molecule has 17 heavy (non-hydrogen) atoms. The molecule has 0 spiro atoms. The number of alkyl halides is 2. The first kappa shape index (κ1) is 10.8. The van der Waals surface area contributed by atoms with E-state index in [2.05, 4.69) is 0 Å². The lowest BCUT2D eigenvalue weighted by Crippen LogP contribution is -2.20. The number of aryl methyl sites for hydroxylation is 1. The van der Waals surface area contributed by atoms with Gasteiger partial charge in [-0.05, 0) is 37.5 Å². The molecule has 92 valence electrons. The van der Waals surface area contributed by atoms with Crippen molar-refractivity contribution < 1.29 is 18.3 Å². The molecule has 1 aromatic rings. The predicted molar refractivity (Wildman–Crippen MR) is 58.8 cm³/mol. The van der Waals surface area contributed by atoms with Crippen molar-refractivity contribution >= 4 is 0 Å². The molecule has 3 rings (SSSR count). The van der Waals surface area contributed by atoms with Crippen molar-refractivity contribution in [2.75, 3.05) is 13.2 Å². The van der Waals surface area contributed by atoms with Crippen molar-refractivity contribution in [1.29, 1.82) is 0 Å². The fourth-order valence-electron chi connectivity index (χ4n) is 2.22. The summed E-state index contributed by atoms with van der Waals surface area (Å²) in [4.78, 5) is 0. The van der Waals surface area contributed by atoms with Gasteiger partial charge in [0, 0.05) is 11.5 Å². The second kappa shape index (κ2) is 3.59. The molecule has 1 aromatic carbocycles. The van der Waals surface area contributed by atoms with Gasteiger partial charge in [-0.1, -0.05) is 0 Å². The maximum atomic E-state index is 14.1. The predicted octanol–water partition coefficient (Wildman–Crippen LogP) is 3.27. The number of rotatable bonds is 2. The summed E-state index contributed by atoms with van der Waals surface area (Å²) in [5.41, 5.74) is 0.662. The molecule has 0 amide bonds. The highest BCUT2D eigenvalue weighted by Crippen LogP contribution is 2.52. The summed E-state index contributed by atoms with van der Waals surface area (Å²) in [6.07, 6.45) is 1.22. The molecule has 1 aliphatic heterocycles. The maximum Gasteiger partial charge on any atom is 0.276 e. The molecule has 0 saturated heterocycles. The summed E-state index contributed by atoms with van der Waals surface area (Å²) in [7, 11) is 0. The van der Waals surface area contributed by atoms with Crippen molar-refractivity contribution in [2.45, 2.75) is 25.7 Å². The first-order chi connectivity index (χ1) is 8.09. The van der Waals surface area contributed by atoms with Crippen molar-refractivity contribution in [3.63, 3.8) is 0 Å². The van der Waals surface area contributed by atoms with Gasteiger partial charge in [-0.25, -0.2) is 8.78 Å². The SMILES string of the molecule is Cc1cc2c(cc1C(F)(F)C1CC1)OCCO2. The Hall–Kier alpha value is -1.32. The molecule has 2 aliphatic rings. The van der Waals surface area contributed by atoms with Gasteiger partial charge in [0.2, 0.25) is 0 Å². The highest BCUT2D eigenvalue weighted by molar-refractivity contribution is 5.49. The van der Waals surface area contributed by atoms with Crippen LogP contribution in [0.5, 0.6) is 11.5 Å². The Morgan fingerprint density at radius 3 is 2.29 bits per heavy atom. The van der Waals surface area contributed by atoms with Gasteiger partial charge >= 0.3 is 0 Å². The van der Waals surface area contributed by atoms with Gasteiger partial charge in [-0.15, -0.1) is 0 Å². The van der Waals surface area contributed by atoms with E-state index in [-0.39, 0.29) is 5.56 Å². The Bertz CT molecular complexity index is 453. The lowest BCUT2D eigenvalue weighted by atomic mass is 9.98. The molecule has 0 aromatic heterocycles. The molecule has 1 saturated carbocycles. The normalized spacial score (nSPS) is 19.2. The highest BCUT2D eigenvalue weighted by Gasteiger charge is 2.49. The van der Waals surface area contributed by atoms with Crippen molar-refractivity contribution in [2.24, 2.45) is 5.92 Å². The van der Waals surface area contributed by atoms with Crippen LogP contribution in [0.25, 0.3) is 0 Å². The van der Waals surface area contributed by atoms with Gasteiger partial charge in [0.15, 0.2) is 11.5 Å². The summed E-state index contributed by atoms with van der Waals surface area (Å²) < 4.78 is 38.9. The van der Waals surface area contributed by atoms with E-state index in [0.29, 0.717) is 43.1 Å². The molecule has 2 nitrogen and oxygen atoms in total. The quantitative estimate of drug-likeness (QED) is 0.789. The third-order valence-electron chi connectivity index (χ3n) is 3.34. The van der Waals surface area contributed by atoms with Crippen LogP contribution < -0.4 is 9.47 Å². The Labute approximate surface area is 98.5 Å². The average molecular weight is 240 g/mol. The van der Waals surface area contributed by atoms with Crippen LogP contribution in [0, 0.1) is 12.8 Å².